The van der Waals surface area contributed by atoms with Gasteiger partial charge in [-0.25, -0.2) is 0 Å². The Hall–Kier alpha value is 0.0900. The van der Waals surface area contributed by atoms with E-state index in [9.17, 15) is 0 Å². The fourth-order valence-electron chi connectivity index (χ4n) is 2.05. The highest BCUT2D eigenvalue weighted by Gasteiger charge is 2.14. The molecule has 1 heteroatoms. The molecular weight excluding hydrogens is 212 g/mol. The molecule has 0 heterocycles. The molecule has 0 aliphatic carbocycles. The molecular formula is C15H30S. The fraction of sp³-hybridized carbons (Fsp3) is 0.867. The van der Waals surface area contributed by atoms with Gasteiger partial charge in [0.25, 0.3) is 0 Å². The number of allylic oxidation sites excluding steroid dienone is 2. The Balaban J connectivity index is 4.64. The van der Waals surface area contributed by atoms with E-state index in [4.69, 9.17) is 0 Å². The van der Waals surface area contributed by atoms with E-state index in [1.54, 1.807) is 11.1 Å². The smallest absolute Gasteiger partial charge is 0.00586 e. The van der Waals surface area contributed by atoms with Crippen LogP contribution >= 0.6 is 11.8 Å². The molecule has 0 N–H and O–H groups in total. The molecule has 1 atom stereocenters. The summed E-state index contributed by atoms with van der Waals surface area (Å²) in [5, 5.41) is 1.48. The zero-order chi connectivity index (χ0) is 12.9. The van der Waals surface area contributed by atoms with Gasteiger partial charge in [0.1, 0.15) is 0 Å². The average molecular weight is 242 g/mol. The first-order valence-electron chi connectivity index (χ1n) is 6.60. The van der Waals surface area contributed by atoms with Crippen LogP contribution in [-0.2, 0) is 0 Å². The van der Waals surface area contributed by atoms with E-state index in [0.717, 1.165) is 10.5 Å². The Labute approximate surface area is 107 Å². The van der Waals surface area contributed by atoms with Crippen LogP contribution in [0.2, 0.25) is 0 Å². The third-order valence-corrected chi connectivity index (χ3v) is 4.26. The van der Waals surface area contributed by atoms with Gasteiger partial charge in [0.05, 0.1) is 0 Å². The molecule has 0 aromatic heterocycles. The molecule has 0 spiro atoms. The van der Waals surface area contributed by atoms with Gasteiger partial charge in [0, 0.05) is 5.25 Å². The highest BCUT2D eigenvalue weighted by Crippen LogP contribution is 2.30. The van der Waals surface area contributed by atoms with Crippen molar-refractivity contribution >= 4 is 11.8 Å². The molecule has 0 aliphatic rings. The van der Waals surface area contributed by atoms with Crippen LogP contribution in [0.4, 0.5) is 0 Å². The van der Waals surface area contributed by atoms with Gasteiger partial charge < -0.3 is 0 Å². The predicted octanol–water partition coefficient (Wildman–Crippen LogP) is 5.54. The molecule has 0 radical (unpaired) electrons. The molecule has 96 valence electrons. The monoisotopic (exact) mass is 242 g/mol. The van der Waals surface area contributed by atoms with Gasteiger partial charge in [0.15, 0.2) is 0 Å². The summed E-state index contributed by atoms with van der Waals surface area (Å²) >= 11 is 2.10. The van der Waals surface area contributed by atoms with Crippen molar-refractivity contribution in [3.8, 4) is 0 Å². The van der Waals surface area contributed by atoms with Gasteiger partial charge in [-0.2, -0.15) is 11.8 Å². The Morgan fingerprint density at radius 2 is 1.38 bits per heavy atom. The van der Waals surface area contributed by atoms with Crippen molar-refractivity contribution in [2.45, 2.75) is 72.3 Å². The van der Waals surface area contributed by atoms with Crippen molar-refractivity contribution in [1.29, 1.82) is 0 Å². The molecule has 0 bridgehead atoms. The zero-order valence-corrected chi connectivity index (χ0v) is 13.2. The summed E-state index contributed by atoms with van der Waals surface area (Å²) in [5.74, 6) is 1.38. The molecule has 0 aliphatic heterocycles. The molecule has 0 amide bonds. The van der Waals surface area contributed by atoms with Crippen LogP contribution in [0.15, 0.2) is 11.1 Å². The van der Waals surface area contributed by atoms with Gasteiger partial charge in [-0.3, -0.25) is 0 Å². The number of thioether (sulfide) groups is 1. The van der Waals surface area contributed by atoms with Crippen molar-refractivity contribution in [2.75, 3.05) is 0 Å². The van der Waals surface area contributed by atoms with Gasteiger partial charge in [-0.15, -0.1) is 0 Å². The maximum atomic E-state index is 2.36. The van der Waals surface area contributed by atoms with Crippen LogP contribution < -0.4 is 0 Å². The minimum atomic E-state index is 0.689. The fourth-order valence-corrected chi connectivity index (χ4v) is 3.25. The van der Waals surface area contributed by atoms with Crippen LogP contribution in [0, 0.1) is 11.8 Å². The number of hydrogen-bond acceptors (Lipinski definition) is 1. The molecule has 1 unspecified atom stereocenters. The quantitative estimate of drug-likeness (QED) is 0.551. The first-order valence-corrected chi connectivity index (χ1v) is 7.54. The molecule has 0 aromatic rings. The van der Waals surface area contributed by atoms with Crippen molar-refractivity contribution in [3.63, 3.8) is 0 Å². The van der Waals surface area contributed by atoms with Gasteiger partial charge in [-0.05, 0) is 30.4 Å². The summed E-state index contributed by atoms with van der Waals surface area (Å²) in [5.41, 5.74) is 3.28. The number of hydrogen-bond donors (Lipinski definition) is 0. The summed E-state index contributed by atoms with van der Waals surface area (Å²) in [4.78, 5) is 0. The first-order chi connectivity index (χ1) is 7.25. The summed E-state index contributed by atoms with van der Waals surface area (Å²) in [6, 6.07) is 0. The van der Waals surface area contributed by atoms with Crippen molar-refractivity contribution in [3.05, 3.63) is 11.1 Å². The topological polar surface area (TPSA) is 0 Å². The summed E-state index contributed by atoms with van der Waals surface area (Å²) in [7, 11) is 0. The van der Waals surface area contributed by atoms with Crippen LogP contribution in [0.1, 0.15) is 61.8 Å². The van der Waals surface area contributed by atoms with E-state index in [1.165, 1.54) is 6.42 Å². The average Bonchev–Trinajstić information content (AvgIpc) is 2.11. The summed E-state index contributed by atoms with van der Waals surface area (Å²) < 4.78 is 0. The van der Waals surface area contributed by atoms with Crippen LogP contribution in [0.3, 0.4) is 0 Å². The Bertz CT molecular complexity index is 224. The maximum absolute atomic E-state index is 2.36. The Morgan fingerprint density at radius 1 is 0.875 bits per heavy atom. The zero-order valence-electron chi connectivity index (χ0n) is 12.4. The van der Waals surface area contributed by atoms with Gasteiger partial charge >= 0.3 is 0 Å². The second-order valence-corrected chi connectivity index (χ2v) is 7.74. The van der Waals surface area contributed by atoms with Crippen LogP contribution in [0.25, 0.3) is 0 Å². The molecule has 16 heavy (non-hydrogen) atoms. The van der Waals surface area contributed by atoms with E-state index in [0.29, 0.717) is 11.8 Å². The predicted molar refractivity (Wildman–Crippen MR) is 79.2 cm³/mol. The highest BCUT2D eigenvalue weighted by molar-refractivity contribution is 8.00. The van der Waals surface area contributed by atoms with E-state index in [1.807, 2.05) is 0 Å². The third-order valence-electron chi connectivity index (χ3n) is 3.08. The second-order valence-electron chi connectivity index (χ2n) is 5.72. The van der Waals surface area contributed by atoms with Crippen LogP contribution in [0.5, 0.6) is 0 Å². The highest BCUT2D eigenvalue weighted by atomic mass is 32.2. The largest absolute Gasteiger partial charge is 0.156 e. The van der Waals surface area contributed by atoms with E-state index >= 15 is 0 Å². The summed E-state index contributed by atoms with van der Waals surface area (Å²) in [6.07, 6.45) is 1.25. The lowest BCUT2D eigenvalue weighted by Crippen LogP contribution is -2.10. The van der Waals surface area contributed by atoms with E-state index in [2.05, 4.69) is 67.2 Å². The first kappa shape index (κ1) is 16.1. The third kappa shape index (κ3) is 5.98. The lowest BCUT2D eigenvalue weighted by molar-refractivity contribution is 0.651. The van der Waals surface area contributed by atoms with Crippen molar-refractivity contribution in [1.82, 2.24) is 0 Å². The molecule has 0 fully saturated rings. The normalized spacial score (nSPS) is 15.9. The SMILES string of the molecule is C/C(=C(\CC(C)SC(C)C)C(C)C)C(C)C. The van der Waals surface area contributed by atoms with Crippen molar-refractivity contribution in [2.24, 2.45) is 11.8 Å². The molecule has 0 saturated carbocycles. The van der Waals surface area contributed by atoms with Gasteiger partial charge in [-0.1, -0.05) is 59.6 Å². The Morgan fingerprint density at radius 3 is 1.69 bits per heavy atom. The number of rotatable bonds is 6. The standard InChI is InChI=1S/C15H30S/c1-10(2)14(8)15(11(3)4)9-13(7)16-12(5)6/h10-13H,9H2,1-8H3/b15-14-. The minimum Gasteiger partial charge on any atom is -0.156 e. The van der Waals surface area contributed by atoms with E-state index < -0.39 is 0 Å². The Kier molecular flexibility index (Phi) is 7.46. The molecule has 0 nitrogen and oxygen atoms in total. The minimum absolute atomic E-state index is 0.689. The van der Waals surface area contributed by atoms with Crippen molar-refractivity contribution < 1.29 is 0 Å². The van der Waals surface area contributed by atoms with E-state index in [-0.39, 0.29) is 0 Å². The molecule has 0 aromatic carbocycles. The maximum Gasteiger partial charge on any atom is 0.00586 e. The van der Waals surface area contributed by atoms with Gasteiger partial charge in [0.2, 0.25) is 0 Å². The molecule has 0 rings (SSSR count). The second kappa shape index (κ2) is 7.42. The molecule has 0 saturated heterocycles. The lowest BCUT2D eigenvalue weighted by Gasteiger charge is -2.22. The van der Waals surface area contributed by atoms with Crippen LogP contribution in [-0.4, -0.2) is 10.5 Å². The summed E-state index contributed by atoms with van der Waals surface area (Å²) in [6.45, 7) is 18.5. The lowest BCUT2D eigenvalue weighted by atomic mass is 9.89.